The number of aryl methyl sites for hydroxylation is 2. The highest BCUT2D eigenvalue weighted by atomic mass is 19.4. The monoisotopic (exact) mass is 498 g/mol. The molecule has 4 heterocycles. The number of amides is 1. The molecule has 2 atom stereocenters. The second-order valence-electron chi connectivity index (χ2n) is 8.95. The van der Waals surface area contributed by atoms with Crippen LogP contribution in [-0.2, 0) is 6.54 Å². The number of aromatic nitrogens is 4. The zero-order valence-corrected chi connectivity index (χ0v) is 19.9. The number of anilines is 2. The first kappa shape index (κ1) is 23.7. The Morgan fingerprint density at radius 1 is 1.17 bits per heavy atom. The van der Waals surface area contributed by atoms with Crippen LogP contribution in [0.1, 0.15) is 57.3 Å². The Balaban J connectivity index is 1.40. The summed E-state index contributed by atoms with van der Waals surface area (Å²) in [5, 5.41) is 14.4. The van der Waals surface area contributed by atoms with Crippen molar-refractivity contribution in [1.29, 1.82) is 0 Å². The number of nitrogens with one attached hydrogen (secondary N) is 2. The minimum Gasteiger partial charge on any atom is -0.467 e. The molecule has 0 saturated carbocycles. The molecule has 0 spiro atoms. The third-order valence-corrected chi connectivity index (χ3v) is 6.51. The summed E-state index contributed by atoms with van der Waals surface area (Å²) in [6.07, 6.45) is -3.45. The van der Waals surface area contributed by atoms with Gasteiger partial charge in [0, 0.05) is 12.5 Å². The maximum atomic E-state index is 13.9. The van der Waals surface area contributed by atoms with Crippen LogP contribution in [0.15, 0.2) is 53.1 Å². The van der Waals surface area contributed by atoms with Gasteiger partial charge in [-0.3, -0.25) is 9.48 Å². The molecule has 5 rings (SSSR count). The topological polar surface area (TPSA) is 89.9 Å². The number of hydrogen-bond donors (Lipinski definition) is 2. The molecule has 1 amide bonds. The highest BCUT2D eigenvalue weighted by Crippen LogP contribution is 2.43. The fraction of sp³-hybridized carbons (Fsp3) is 0.320. The minimum absolute atomic E-state index is 0.0961. The molecular formula is C25H25F3N6O2. The lowest BCUT2D eigenvalue weighted by molar-refractivity contribution is -0.174. The Hall–Kier alpha value is -4.02. The molecule has 1 aliphatic rings. The first-order valence-corrected chi connectivity index (χ1v) is 11.5. The molecule has 11 heteroatoms. The molecule has 0 bridgehead atoms. The first-order chi connectivity index (χ1) is 17.1. The molecule has 0 aliphatic carbocycles. The summed E-state index contributed by atoms with van der Waals surface area (Å²) in [6, 6.07) is 9.91. The third-order valence-electron chi connectivity index (χ3n) is 6.51. The molecule has 188 valence electrons. The van der Waals surface area contributed by atoms with E-state index in [9.17, 15) is 18.0 Å². The van der Waals surface area contributed by atoms with Gasteiger partial charge in [0.25, 0.3) is 5.91 Å². The molecule has 36 heavy (non-hydrogen) atoms. The van der Waals surface area contributed by atoms with Crippen LogP contribution in [0.25, 0.3) is 0 Å². The normalized spacial score (nSPS) is 17.5. The number of carbonyl (C=O) groups excluding carboxylic acids is 1. The van der Waals surface area contributed by atoms with E-state index >= 15 is 0 Å². The Labute approximate surface area is 205 Å². The van der Waals surface area contributed by atoms with Crippen LogP contribution in [0.4, 0.5) is 24.7 Å². The Morgan fingerprint density at radius 2 is 1.94 bits per heavy atom. The molecule has 0 fully saturated rings. The fourth-order valence-corrected chi connectivity index (χ4v) is 4.52. The maximum Gasteiger partial charge on any atom is 0.410 e. The predicted octanol–water partition coefficient (Wildman–Crippen LogP) is 5.56. The zero-order valence-electron chi connectivity index (χ0n) is 19.9. The van der Waals surface area contributed by atoms with Gasteiger partial charge in [0.1, 0.15) is 11.6 Å². The number of hydrogen-bond acceptors (Lipinski definition) is 5. The summed E-state index contributed by atoms with van der Waals surface area (Å²) >= 11 is 0. The summed E-state index contributed by atoms with van der Waals surface area (Å²) < 4.78 is 49.6. The molecule has 8 nitrogen and oxygen atoms in total. The van der Waals surface area contributed by atoms with Crippen molar-refractivity contribution in [2.75, 3.05) is 10.6 Å². The van der Waals surface area contributed by atoms with E-state index in [0.29, 0.717) is 23.7 Å². The Bertz CT molecular complexity index is 1400. The van der Waals surface area contributed by atoms with Crippen LogP contribution < -0.4 is 10.6 Å². The number of fused-ring (bicyclic) bond motifs is 1. The van der Waals surface area contributed by atoms with E-state index in [1.54, 1.807) is 23.7 Å². The van der Waals surface area contributed by atoms with Gasteiger partial charge in [-0.2, -0.15) is 23.4 Å². The van der Waals surface area contributed by atoms with E-state index in [0.717, 1.165) is 21.5 Å². The van der Waals surface area contributed by atoms with Crippen molar-refractivity contribution >= 4 is 17.4 Å². The van der Waals surface area contributed by atoms with Gasteiger partial charge in [0.15, 0.2) is 11.7 Å². The SMILES string of the molecule is Cc1ccccc1Cn1nc(C)c(NC(=O)c2cc3n(n2)[C@H](C(F)(F)F)C[C@H](c2ccco2)N3)c1C. The van der Waals surface area contributed by atoms with Gasteiger partial charge >= 0.3 is 6.18 Å². The number of carbonyl (C=O) groups is 1. The predicted molar refractivity (Wildman–Crippen MR) is 127 cm³/mol. The highest BCUT2D eigenvalue weighted by molar-refractivity contribution is 6.04. The van der Waals surface area contributed by atoms with Crippen LogP contribution in [0.3, 0.4) is 0 Å². The summed E-state index contributed by atoms with van der Waals surface area (Å²) in [6.45, 7) is 6.15. The quantitative estimate of drug-likeness (QED) is 0.376. The van der Waals surface area contributed by atoms with Crippen LogP contribution >= 0.6 is 0 Å². The van der Waals surface area contributed by atoms with Gasteiger partial charge < -0.3 is 15.1 Å². The van der Waals surface area contributed by atoms with E-state index in [1.807, 2.05) is 38.1 Å². The van der Waals surface area contributed by atoms with E-state index in [1.165, 1.54) is 12.3 Å². The summed E-state index contributed by atoms with van der Waals surface area (Å²) in [4.78, 5) is 13.1. The van der Waals surface area contributed by atoms with Crippen molar-refractivity contribution in [3.05, 3.63) is 82.7 Å². The van der Waals surface area contributed by atoms with Crippen molar-refractivity contribution in [2.45, 2.75) is 52.0 Å². The number of halogens is 3. The van der Waals surface area contributed by atoms with Gasteiger partial charge in [0.2, 0.25) is 0 Å². The van der Waals surface area contributed by atoms with E-state index in [2.05, 4.69) is 20.8 Å². The minimum atomic E-state index is -4.55. The molecule has 0 radical (unpaired) electrons. The fourth-order valence-electron chi connectivity index (χ4n) is 4.52. The Morgan fingerprint density at radius 3 is 2.64 bits per heavy atom. The van der Waals surface area contributed by atoms with Gasteiger partial charge in [-0.05, 0) is 44.0 Å². The smallest absolute Gasteiger partial charge is 0.410 e. The second kappa shape index (κ2) is 8.89. The van der Waals surface area contributed by atoms with E-state index < -0.39 is 24.2 Å². The molecular weight excluding hydrogens is 473 g/mol. The molecule has 0 unspecified atom stereocenters. The standard InChI is InChI=1S/C25H25F3N6O2/c1-14-7-4-5-8-17(14)13-33-16(3)23(15(2)31-33)30-24(35)19-12-22-29-18(20-9-6-10-36-20)11-21(25(26,27)28)34(22)32-19/h4-10,12,18,21,29H,11,13H2,1-3H3,(H,30,35)/t18-,21+/m1/s1. The lowest BCUT2D eigenvalue weighted by Crippen LogP contribution is -2.35. The zero-order chi connectivity index (χ0) is 25.6. The maximum absolute atomic E-state index is 13.9. The second-order valence-corrected chi connectivity index (χ2v) is 8.95. The summed E-state index contributed by atoms with van der Waals surface area (Å²) in [7, 11) is 0. The number of benzene rings is 1. The molecule has 2 N–H and O–H groups in total. The van der Waals surface area contributed by atoms with Crippen molar-refractivity contribution in [2.24, 2.45) is 0 Å². The van der Waals surface area contributed by atoms with Crippen molar-refractivity contribution in [3.8, 4) is 0 Å². The van der Waals surface area contributed by atoms with E-state index in [4.69, 9.17) is 4.42 Å². The largest absolute Gasteiger partial charge is 0.467 e. The number of furan rings is 1. The summed E-state index contributed by atoms with van der Waals surface area (Å²) in [5.41, 5.74) is 3.93. The van der Waals surface area contributed by atoms with Gasteiger partial charge in [0.05, 0.1) is 35.9 Å². The number of nitrogens with zero attached hydrogens (tertiary/aromatic N) is 4. The molecule has 1 aliphatic heterocycles. The highest BCUT2D eigenvalue weighted by Gasteiger charge is 2.47. The number of alkyl halides is 3. The van der Waals surface area contributed by atoms with E-state index in [-0.39, 0.29) is 17.9 Å². The van der Waals surface area contributed by atoms with Gasteiger partial charge in [-0.15, -0.1) is 0 Å². The first-order valence-electron chi connectivity index (χ1n) is 11.5. The van der Waals surface area contributed by atoms with Crippen LogP contribution in [0.5, 0.6) is 0 Å². The number of rotatable bonds is 5. The van der Waals surface area contributed by atoms with Crippen molar-refractivity contribution < 1.29 is 22.4 Å². The Kier molecular flexibility index (Phi) is 5.85. The van der Waals surface area contributed by atoms with Crippen molar-refractivity contribution in [1.82, 2.24) is 19.6 Å². The van der Waals surface area contributed by atoms with Crippen LogP contribution in [0, 0.1) is 20.8 Å². The van der Waals surface area contributed by atoms with Crippen molar-refractivity contribution in [3.63, 3.8) is 0 Å². The van der Waals surface area contributed by atoms with Gasteiger partial charge in [-0.25, -0.2) is 4.68 Å². The van der Waals surface area contributed by atoms with Crippen LogP contribution in [0.2, 0.25) is 0 Å². The molecule has 0 saturated heterocycles. The average Bonchev–Trinajstić information content (AvgIpc) is 3.56. The lowest BCUT2D eigenvalue weighted by Gasteiger charge is -2.32. The third kappa shape index (κ3) is 4.36. The lowest BCUT2D eigenvalue weighted by atomic mass is 10.0. The molecule has 1 aromatic carbocycles. The molecule has 3 aromatic heterocycles. The summed E-state index contributed by atoms with van der Waals surface area (Å²) in [5.74, 6) is -0.135. The van der Waals surface area contributed by atoms with Crippen LogP contribution in [-0.4, -0.2) is 31.6 Å². The average molecular weight is 499 g/mol. The molecule has 4 aromatic rings. The van der Waals surface area contributed by atoms with Gasteiger partial charge in [-0.1, -0.05) is 24.3 Å².